The lowest BCUT2D eigenvalue weighted by molar-refractivity contribution is -0.118. The van der Waals surface area contributed by atoms with Crippen molar-refractivity contribution in [3.8, 4) is 5.88 Å². The summed E-state index contributed by atoms with van der Waals surface area (Å²) in [5.41, 5.74) is 6.16. The Balaban J connectivity index is 2.11. The Bertz CT molecular complexity index is 338. The molecular formula is C12H19N3O2. The number of nitrogens with two attached hydrogens (primary N) is 1. The van der Waals surface area contributed by atoms with E-state index in [4.69, 9.17) is 10.5 Å². The van der Waals surface area contributed by atoms with Gasteiger partial charge in [0.2, 0.25) is 11.8 Å². The molecule has 0 aliphatic heterocycles. The molecule has 0 spiro atoms. The van der Waals surface area contributed by atoms with Crippen molar-refractivity contribution in [2.45, 2.75) is 25.8 Å². The van der Waals surface area contributed by atoms with E-state index in [0.29, 0.717) is 12.3 Å². The first-order chi connectivity index (χ1) is 8.22. The van der Waals surface area contributed by atoms with Crippen LogP contribution in [0.1, 0.15) is 24.8 Å². The largest absolute Gasteiger partial charge is 0.481 e. The van der Waals surface area contributed by atoms with Gasteiger partial charge in [-0.05, 0) is 24.9 Å². The Morgan fingerprint density at radius 2 is 2.29 bits per heavy atom. The van der Waals surface area contributed by atoms with Crippen LogP contribution in [-0.2, 0) is 11.3 Å². The second-order valence-corrected chi connectivity index (χ2v) is 3.81. The summed E-state index contributed by atoms with van der Waals surface area (Å²) in [5, 5.41) is 3.28. The lowest BCUT2D eigenvalue weighted by atomic mass is 10.2. The van der Waals surface area contributed by atoms with Crippen LogP contribution in [0.4, 0.5) is 0 Å². The Morgan fingerprint density at radius 1 is 1.47 bits per heavy atom. The molecule has 1 amide bonds. The van der Waals surface area contributed by atoms with Crippen molar-refractivity contribution in [3.63, 3.8) is 0 Å². The highest BCUT2D eigenvalue weighted by molar-refractivity contribution is 5.73. The third-order valence-corrected chi connectivity index (χ3v) is 2.36. The molecule has 0 aromatic carbocycles. The summed E-state index contributed by atoms with van der Waals surface area (Å²) in [6, 6.07) is 3.81. The molecule has 5 nitrogen and oxygen atoms in total. The molecule has 0 aliphatic rings. The zero-order valence-electron chi connectivity index (χ0n) is 10.1. The number of carbonyl (C=O) groups is 1. The number of aromatic nitrogens is 1. The monoisotopic (exact) mass is 237 g/mol. The summed E-state index contributed by atoms with van der Waals surface area (Å²) in [6.07, 6.45) is 4.04. The van der Waals surface area contributed by atoms with Crippen LogP contribution in [-0.4, -0.2) is 24.5 Å². The lowest BCUT2D eigenvalue weighted by Gasteiger charge is -2.05. The average molecular weight is 237 g/mol. The minimum atomic E-state index is -0.232. The summed E-state index contributed by atoms with van der Waals surface area (Å²) in [6.45, 7) is 1.65. The van der Waals surface area contributed by atoms with Crippen LogP contribution >= 0.6 is 0 Å². The summed E-state index contributed by atoms with van der Waals surface area (Å²) >= 11 is 0. The number of amides is 1. The van der Waals surface area contributed by atoms with Gasteiger partial charge in [-0.3, -0.25) is 4.79 Å². The minimum Gasteiger partial charge on any atom is -0.481 e. The molecule has 1 rings (SSSR count). The summed E-state index contributed by atoms with van der Waals surface area (Å²) in [4.78, 5) is 14.6. The van der Waals surface area contributed by atoms with Crippen molar-refractivity contribution >= 4 is 5.91 Å². The summed E-state index contributed by atoms with van der Waals surface area (Å²) < 4.78 is 4.97. The molecule has 94 valence electrons. The number of primary amides is 1. The van der Waals surface area contributed by atoms with Gasteiger partial charge in [-0.1, -0.05) is 6.07 Å². The Kier molecular flexibility index (Phi) is 6.03. The third-order valence-electron chi connectivity index (χ3n) is 2.36. The van der Waals surface area contributed by atoms with Gasteiger partial charge in [-0.2, -0.15) is 0 Å². The number of pyridine rings is 1. The van der Waals surface area contributed by atoms with Crippen molar-refractivity contribution in [1.29, 1.82) is 0 Å². The van der Waals surface area contributed by atoms with Gasteiger partial charge in [-0.25, -0.2) is 4.98 Å². The molecular weight excluding hydrogens is 218 g/mol. The SMILES string of the molecule is COc1ccc(CNCCCCC(N)=O)cn1. The van der Waals surface area contributed by atoms with Crippen molar-refractivity contribution in [1.82, 2.24) is 10.3 Å². The van der Waals surface area contributed by atoms with Crippen molar-refractivity contribution in [3.05, 3.63) is 23.9 Å². The van der Waals surface area contributed by atoms with Gasteiger partial charge in [-0.15, -0.1) is 0 Å². The number of hydrogen-bond acceptors (Lipinski definition) is 4. The Hall–Kier alpha value is -1.62. The van der Waals surface area contributed by atoms with E-state index in [1.807, 2.05) is 12.1 Å². The van der Waals surface area contributed by atoms with Crippen LogP contribution in [0.25, 0.3) is 0 Å². The maximum absolute atomic E-state index is 10.5. The number of rotatable bonds is 8. The highest BCUT2D eigenvalue weighted by Gasteiger charge is 1.96. The highest BCUT2D eigenvalue weighted by Crippen LogP contribution is 2.06. The molecule has 17 heavy (non-hydrogen) atoms. The highest BCUT2D eigenvalue weighted by atomic mass is 16.5. The first kappa shape index (κ1) is 13.4. The number of methoxy groups -OCH3 is 1. The van der Waals surface area contributed by atoms with E-state index in [0.717, 1.165) is 31.5 Å². The fraction of sp³-hybridized carbons (Fsp3) is 0.500. The van der Waals surface area contributed by atoms with E-state index in [9.17, 15) is 4.79 Å². The van der Waals surface area contributed by atoms with Crippen molar-refractivity contribution < 1.29 is 9.53 Å². The molecule has 0 saturated carbocycles. The van der Waals surface area contributed by atoms with E-state index in [2.05, 4.69) is 10.3 Å². The molecule has 0 bridgehead atoms. The van der Waals surface area contributed by atoms with E-state index < -0.39 is 0 Å². The van der Waals surface area contributed by atoms with Crippen LogP contribution in [0.2, 0.25) is 0 Å². The van der Waals surface area contributed by atoms with Gasteiger partial charge >= 0.3 is 0 Å². The number of unbranched alkanes of at least 4 members (excludes halogenated alkanes) is 1. The van der Waals surface area contributed by atoms with Gasteiger partial charge in [0.25, 0.3) is 0 Å². The van der Waals surface area contributed by atoms with Gasteiger partial charge in [0.1, 0.15) is 0 Å². The van der Waals surface area contributed by atoms with Crippen LogP contribution in [0.5, 0.6) is 5.88 Å². The predicted molar refractivity (Wildman–Crippen MR) is 65.5 cm³/mol. The lowest BCUT2D eigenvalue weighted by Crippen LogP contribution is -2.16. The number of hydrogen-bond donors (Lipinski definition) is 2. The molecule has 5 heteroatoms. The van der Waals surface area contributed by atoms with Crippen LogP contribution in [0.3, 0.4) is 0 Å². The van der Waals surface area contributed by atoms with E-state index in [1.165, 1.54) is 0 Å². The van der Waals surface area contributed by atoms with Crippen LogP contribution in [0, 0.1) is 0 Å². The van der Waals surface area contributed by atoms with Crippen molar-refractivity contribution in [2.75, 3.05) is 13.7 Å². The molecule has 0 radical (unpaired) electrons. The molecule has 0 fully saturated rings. The van der Waals surface area contributed by atoms with Gasteiger partial charge < -0.3 is 15.8 Å². The zero-order chi connectivity index (χ0) is 12.5. The first-order valence-corrected chi connectivity index (χ1v) is 5.70. The number of carbonyl (C=O) groups excluding carboxylic acids is 1. The number of ether oxygens (including phenoxy) is 1. The standard InChI is InChI=1S/C12H19N3O2/c1-17-12-6-5-10(9-15-12)8-14-7-3-2-4-11(13)16/h5-6,9,14H,2-4,7-8H2,1H3,(H2,13,16). The smallest absolute Gasteiger partial charge is 0.217 e. The second kappa shape index (κ2) is 7.62. The minimum absolute atomic E-state index is 0.232. The van der Waals surface area contributed by atoms with Crippen LogP contribution < -0.4 is 15.8 Å². The van der Waals surface area contributed by atoms with E-state index in [1.54, 1.807) is 13.3 Å². The quantitative estimate of drug-likeness (QED) is 0.657. The van der Waals surface area contributed by atoms with Gasteiger partial charge in [0, 0.05) is 25.2 Å². The summed E-state index contributed by atoms with van der Waals surface area (Å²) in [7, 11) is 1.60. The zero-order valence-corrected chi connectivity index (χ0v) is 10.1. The first-order valence-electron chi connectivity index (χ1n) is 5.70. The fourth-order valence-corrected chi connectivity index (χ4v) is 1.42. The Labute approximate surface area is 101 Å². The number of nitrogens with one attached hydrogen (secondary N) is 1. The summed E-state index contributed by atoms with van der Waals surface area (Å²) in [5.74, 6) is 0.388. The molecule has 0 atom stereocenters. The second-order valence-electron chi connectivity index (χ2n) is 3.81. The molecule has 3 N–H and O–H groups in total. The van der Waals surface area contributed by atoms with Gasteiger partial charge in [0.15, 0.2) is 0 Å². The molecule has 1 heterocycles. The Morgan fingerprint density at radius 3 is 2.88 bits per heavy atom. The normalized spacial score (nSPS) is 10.2. The van der Waals surface area contributed by atoms with E-state index in [-0.39, 0.29) is 5.91 Å². The predicted octanol–water partition coefficient (Wildman–Crippen LogP) is 0.835. The van der Waals surface area contributed by atoms with Crippen molar-refractivity contribution in [2.24, 2.45) is 5.73 Å². The van der Waals surface area contributed by atoms with E-state index >= 15 is 0 Å². The molecule has 0 saturated heterocycles. The molecule has 1 aromatic rings. The molecule has 0 aliphatic carbocycles. The van der Waals surface area contributed by atoms with Gasteiger partial charge in [0.05, 0.1) is 7.11 Å². The topological polar surface area (TPSA) is 77.2 Å². The average Bonchev–Trinajstić information content (AvgIpc) is 2.34. The van der Waals surface area contributed by atoms with Crippen LogP contribution in [0.15, 0.2) is 18.3 Å². The fourth-order valence-electron chi connectivity index (χ4n) is 1.42. The maximum Gasteiger partial charge on any atom is 0.217 e. The third kappa shape index (κ3) is 5.87. The number of nitrogens with zero attached hydrogens (tertiary/aromatic N) is 1. The molecule has 1 aromatic heterocycles. The maximum atomic E-state index is 10.5. The molecule has 0 unspecified atom stereocenters.